The Morgan fingerprint density at radius 1 is 1.12 bits per heavy atom. The Balaban J connectivity index is 1.60. The molecule has 1 N–H and O–H groups in total. The van der Waals surface area contributed by atoms with Crippen LogP contribution in [0.25, 0.3) is 0 Å². The van der Waals surface area contributed by atoms with Crippen molar-refractivity contribution in [1.29, 1.82) is 0 Å². The first-order valence-corrected chi connectivity index (χ1v) is 12.3. The summed E-state index contributed by atoms with van der Waals surface area (Å²) in [6.07, 6.45) is 6.43. The van der Waals surface area contributed by atoms with Crippen molar-refractivity contribution in [1.82, 2.24) is 10.2 Å². The van der Waals surface area contributed by atoms with Crippen molar-refractivity contribution < 1.29 is 14.3 Å². The molecule has 1 fully saturated rings. The molecule has 2 aromatic carbocycles. The van der Waals surface area contributed by atoms with E-state index in [1.165, 1.54) is 12.0 Å². The van der Waals surface area contributed by atoms with Crippen molar-refractivity contribution in [3.05, 3.63) is 64.7 Å². The van der Waals surface area contributed by atoms with Gasteiger partial charge < -0.3 is 15.0 Å². The Bertz CT molecular complexity index is 910. The predicted octanol–water partition coefficient (Wildman–Crippen LogP) is 5.67. The second-order valence-corrected chi connectivity index (χ2v) is 9.37. The molecule has 1 atom stereocenters. The number of nitrogens with zero attached hydrogens (tertiary/aromatic N) is 1. The molecule has 1 aliphatic carbocycles. The molecule has 33 heavy (non-hydrogen) atoms. The summed E-state index contributed by atoms with van der Waals surface area (Å²) in [5.41, 5.74) is 2.08. The SMILES string of the molecule is Cc1ccc(OCCCC(=O)N(Cc2cccc(Cl)c2)[C@H](C)C(=O)NC2CCCCC2)cc1. The summed E-state index contributed by atoms with van der Waals surface area (Å²) < 4.78 is 5.77. The Morgan fingerprint density at radius 3 is 2.55 bits per heavy atom. The number of rotatable bonds is 10. The minimum Gasteiger partial charge on any atom is -0.494 e. The number of benzene rings is 2. The molecular weight excluding hydrogens is 436 g/mol. The van der Waals surface area contributed by atoms with Gasteiger partial charge in [0.25, 0.3) is 0 Å². The van der Waals surface area contributed by atoms with Crippen LogP contribution in [-0.2, 0) is 16.1 Å². The highest BCUT2D eigenvalue weighted by molar-refractivity contribution is 6.30. The van der Waals surface area contributed by atoms with Gasteiger partial charge in [-0.2, -0.15) is 0 Å². The maximum absolute atomic E-state index is 13.2. The van der Waals surface area contributed by atoms with E-state index in [1.807, 2.05) is 56.3 Å². The third-order valence-corrected chi connectivity index (χ3v) is 6.42. The molecule has 0 unspecified atom stereocenters. The molecule has 6 heteroatoms. The van der Waals surface area contributed by atoms with Crippen molar-refractivity contribution >= 4 is 23.4 Å². The Labute approximate surface area is 202 Å². The number of halogens is 1. The fourth-order valence-electron chi connectivity index (χ4n) is 4.17. The average Bonchev–Trinajstić information content (AvgIpc) is 2.81. The van der Waals surface area contributed by atoms with Gasteiger partial charge in [0.15, 0.2) is 0 Å². The van der Waals surface area contributed by atoms with Crippen LogP contribution in [0.2, 0.25) is 5.02 Å². The highest BCUT2D eigenvalue weighted by atomic mass is 35.5. The largest absolute Gasteiger partial charge is 0.494 e. The molecule has 5 nitrogen and oxygen atoms in total. The Hall–Kier alpha value is -2.53. The number of ether oxygens (including phenoxy) is 1. The van der Waals surface area contributed by atoms with Gasteiger partial charge in [0.2, 0.25) is 11.8 Å². The summed E-state index contributed by atoms with van der Waals surface area (Å²) in [6.45, 7) is 4.63. The molecule has 178 valence electrons. The van der Waals surface area contributed by atoms with Gasteiger partial charge in [0, 0.05) is 24.0 Å². The molecule has 0 bridgehead atoms. The zero-order valence-corrected chi connectivity index (χ0v) is 20.4. The highest BCUT2D eigenvalue weighted by Crippen LogP contribution is 2.19. The van der Waals surface area contributed by atoms with E-state index in [-0.39, 0.29) is 17.9 Å². The summed E-state index contributed by atoms with van der Waals surface area (Å²) >= 11 is 6.15. The zero-order valence-electron chi connectivity index (χ0n) is 19.7. The van der Waals surface area contributed by atoms with Crippen LogP contribution in [0.5, 0.6) is 5.75 Å². The van der Waals surface area contributed by atoms with Gasteiger partial charge in [-0.15, -0.1) is 0 Å². The maximum Gasteiger partial charge on any atom is 0.242 e. The van der Waals surface area contributed by atoms with Crippen molar-refractivity contribution in [3.63, 3.8) is 0 Å². The molecular formula is C27H35ClN2O3. The van der Waals surface area contributed by atoms with Gasteiger partial charge in [-0.1, -0.05) is 60.7 Å². The van der Waals surface area contributed by atoms with Gasteiger partial charge in [0.05, 0.1) is 6.61 Å². The number of amides is 2. The lowest BCUT2D eigenvalue weighted by atomic mass is 9.95. The highest BCUT2D eigenvalue weighted by Gasteiger charge is 2.27. The number of aryl methyl sites for hydroxylation is 1. The molecule has 0 heterocycles. The van der Waals surface area contributed by atoms with Gasteiger partial charge >= 0.3 is 0 Å². The van der Waals surface area contributed by atoms with E-state index in [1.54, 1.807) is 11.0 Å². The first kappa shape index (κ1) is 25.1. The minimum absolute atomic E-state index is 0.0613. The van der Waals surface area contributed by atoms with Crippen LogP contribution in [0.4, 0.5) is 0 Å². The topological polar surface area (TPSA) is 58.6 Å². The van der Waals surface area contributed by atoms with Gasteiger partial charge in [-0.3, -0.25) is 9.59 Å². The molecule has 1 aliphatic rings. The van der Waals surface area contributed by atoms with E-state index >= 15 is 0 Å². The van der Waals surface area contributed by atoms with Crippen LogP contribution < -0.4 is 10.1 Å². The van der Waals surface area contributed by atoms with Crippen LogP contribution in [0, 0.1) is 6.92 Å². The third-order valence-electron chi connectivity index (χ3n) is 6.19. The number of carbonyl (C=O) groups is 2. The fourth-order valence-corrected chi connectivity index (χ4v) is 4.39. The van der Waals surface area contributed by atoms with Crippen LogP contribution >= 0.6 is 11.6 Å². The molecule has 1 saturated carbocycles. The summed E-state index contributed by atoms with van der Waals surface area (Å²) in [5.74, 6) is 0.644. The van der Waals surface area contributed by atoms with Gasteiger partial charge in [0.1, 0.15) is 11.8 Å². The first-order valence-electron chi connectivity index (χ1n) is 12.0. The monoisotopic (exact) mass is 470 g/mol. The predicted molar refractivity (Wildman–Crippen MR) is 132 cm³/mol. The molecule has 0 aliphatic heterocycles. The summed E-state index contributed by atoms with van der Waals surface area (Å²) in [6, 6.07) is 14.9. The first-order chi connectivity index (χ1) is 15.9. The van der Waals surface area contributed by atoms with E-state index in [0.717, 1.165) is 37.0 Å². The van der Waals surface area contributed by atoms with Crippen molar-refractivity contribution in [2.24, 2.45) is 0 Å². The lowest BCUT2D eigenvalue weighted by Gasteiger charge is -2.31. The van der Waals surface area contributed by atoms with Gasteiger partial charge in [-0.05, 0) is 62.9 Å². The number of hydrogen-bond donors (Lipinski definition) is 1. The molecule has 2 aromatic rings. The number of hydrogen-bond acceptors (Lipinski definition) is 3. The minimum atomic E-state index is -0.559. The second-order valence-electron chi connectivity index (χ2n) is 8.94. The van der Waals surface area contributed by atoms with E-state index in [0.29, 0.717) is 31.0 Å². The van der Waals surface area contributed by atoms with E-state index in [9.17, 15) is 9.59 Å². The van der Waals surface area contributed by atoms with Crippen LogP contribution in [0.15, 0.2) is 48.5 Å². The third kappa shape index (κ3) is 8.08. The van der Waals surface area contributed by atoms with Crippen molar-refractivity contribution in [2.45, 2.75) is 77.4 Å². The quantitative estimate of drug-likeness (QED) is 0.455. The number of carbonyl (C=O) groups excluding carboxylic acids is 2. The average molecular weight is 471 g/mol. The second kappa shape index (κ2) is 12.6. The lowest BCUT2D eigenvalue weighted by Crippen LogP contribution is -2.50. The zero-order chi connectivity index (χ0) is 23.6. The van der Waals surface area contributed by atoms with Crippen molar-refractivity contribution in [3.8, 4) is 5.75 Å². The van der Waals surface area contributed by atoms with Crippen LogP contribution in [0.1, 0.15) is 63.0 Å². The van der Waals surface area contributed by atoms with E-state index in [4.69, 9.17) is 16.3 Å². The van der Waals surface area contributed by atoms with Crippen LogP contribution in [-0.4, -0.2) is 35.4 Å². The Morgan fingerprint density at radius 2 is 1.85 bits per heavy atom. The fraction of sp³-hybridized carbons (Fsp3) is 0.481. The molecule has 2 amide bonds. The molecule has 3 rings (SSSR count). The summed E-state index contributed by atoms with van der Waals surface area (Å²) in [7, 11) is 0. The smallest absolute Gasteiger partial charge is 0.242 e. The maximum atomic E-state index is 13.2. The number of nitrogens with one attached hydrogen (secondary N) is 1. The van der Waals surface area contributed by atoms with E-state index < -0.39 is 6.04 Å². The molecule has 0 saturated heterocycles. The van der Waals surface area contributed by atoms with Gasteiger partial charge in [-0.25, -0.2) is 0 Å². The van der Waals surface area contributed by atoms with Crippen molar-refractivity contribution in [2.75, 3.05) is 6.61 Å². The standard InChI is InChI=1S/C27H35ClN2O3/c1-20-13-15-25(16-14-20)33-17-7-12-26(31)30(19-22-8-6-9-23(28)18-22)21(2)27(32)29-24-10-4-3-5-11-24/h6,8-9,13-16,18,21,24H,3-5,7,10-12,17,19H2,1-2H3,(H,29,32)/t21-/m1/s1. The Kier molecular flexibility index (Phi) is 9.61. The van der Waals surface area contributed by atoms with E-state index in [2.05, 4.69) is 5.32 Å². The molecule has 0 radical (unpaired) electrons. The normalized spacial score (nSPS) is 15.0. The molecule has 0 aromatic heterocycles. The lowest BCUT2D eigenvalue weighted by molar-refractivity contribution is -0.141. The summed E-state index contributed by atoms with van der Waals surface area (Å²) in [5, 5.41) is 3.78. The van der Waals surface area contributed by atoms with Crippen LogP contribution in [0.3, 0.4) is 0 Å². The summed E-state index contributed by atoms with van der Waals surface area (Å²) in [4.78, 5) is 27.8. The molecule has 0 spiro atoms.